The van der Waals surface area contributed by atoms with Crippen LogP contribution in [0, 0.1) is 12.3 Å². The van der Waals surface area contributed by atoms with Crippen molar-refractivity contribution in [2.45, 2.75) is 52.0 Å². The Morgan fingerprint density at radius 2 is 1.95 bits per heavy atom. The zero-order valence-corrected chi connectivity index (χ0v) is 14.5. The van der Waals surface area contributed by atoms with Crippen LogP contribution in [0.3, 0.4) is 0 Å². The Morgan fingerprint density at radius 3 is 2.53 bits per heavy atom. The van der Waals surface area contributed by atoms with E-state index in [0.29, 0.717) is 4.47 Å². The van der Waals surface area contributed by atoms with Gasteiger partial charge in [0.1, 0.15) is 4.47 Å². The summed E-state index contributed by atoms with van der Waals surface area (Å²) in [5.74, 6) is 0. The van der Waals surface area contributed by atoms with E-state index >= 15 is 0 Å². The van der Waals surface area contributed by atoms with Gasteiger partial charge in [-0.15, -0.1) is 0 Å². The summed E-state index contributed by atoms with van der Waals surface area (Å²) in [6, 6.07) is 0. The highest BCUT2D eigenvalue weighted by atomic mass is 79.9. The quantitative estimate of drug-likeness (QED) is 0.575. The Balaban J connectivity index is 2.27. The van der Waals surface area contributed by atoms with Crippen molar-refractivity contribution in [3.8, 4) is 0 Å². The molecule has 1 aliphatic carbocycles. The van der Waals surface area contributed by atoms with E-state index in [-0.39, 0.29) is 11.0 Å². The van der Waals surface area contributed by atoms with Crippen LogP contribution >= 0.6 is 31.9 Å². The third kappa shape index (κ3) is 3.48. The topological polar surface area (TPSA) is 34.9 Å². The minimum Gasteiger partial charge on any atom is -0.298 e. The maximum Gasteiger partial charge on any atom is 0.267 e. The van der Waals surface area contributed by atoms with E-state index in [9.17, 15) is 4.79 Å². The van der Waals surface area contributed by atoms with Gasteiger partial charge >= 0.3 is 0 Å². The van der Waals surface area contributed by atoms with Crippen molar-refractivity contribution >= 4 is 31.9 Å². The first-order chi connectivity index (χ1) is 9.08. The molecule has 0 atom stereocenters. The summed E-state index contributed by atoms with van der Waals surface area (Å²) in [5.41, 5.74) is 1.00. The highest BCUT2D eigenvalue weighted by molar-refractivity contribution is 9.10. The second kappa shape index (κ2) is 6.53. The van der Waals surface area contributed by atoms with Gasteiger partial charge in [0.15, 0.2) is 0 Å². The Hall–Kier alpha value is -0.160. The summed E-state index contributed by atoms with van der Waals surface area (Å²) in [6.45, 7) is 2.62. The van der Waals surface area contributed by atoms with Gasteiger partial charge in [-0.25, -0.2) is 4.98 Å². The van der Waals surface area contributed by atoms with Crippen LogP contribution in [0.15, 0.2) is 15.6 Å². The Labute approximate surface area is 131 Å². The normalized spacial score (nSPS) is 19.1. The van der Waals surface area contributed by atoms with Gasteiger partial charge in [-0.05, 0) is 41.1 Å². The van der Waals surface area contributed by atoms with E-state index < -0.39 is 0 Å². The average molecular weight is 392 g/mol. The number of halogens is 2. The molecule has 0 saturated heterocycles. The lowest BCUT2D eigenvalue weighted by atomic mass is 9.82. The monoisotopic (exact) mass is 390 g/mol. The summed E-state index contributed by atoms with van der Waals surface area (Å²) in [7, 11) is 0. The summed E-state index contributed by atoms with van der Waals surface area (Å²) in [6.07, 6.45) is 9.24. The predicted octanol–water partition coefficient (Wildman–Crippen LogP) is 4.05. The molecule has 1 saturated carbocycles. The van der Waals surface area contributed by atoms with Crippen molar-refractivity contribution in [3.63, 3.8) is 0 Å². The van der Waals surface area contributed by atoms with E-state index in [4.69, 9.17) is 0 Å². The van der Waals surface area contributed by atoms with E-state index in [1.54, 1.807) is 10.9 Å². The molecule has 5 heteroatoms. The van der Waals surface area contributed by atoms with Crippen LogP contribution in [0.4, 0.5) is 0 Å². The fourth-order valence-electron chi connectivity index (χ4n) is 2.83. The van der Waals surface area contributed by atoms with E-state index in [1.165, 1.54) is 38.5 Å². The minimum absolute atomic E-state index is 0.0390. The molecule has 0 aromatic carbocycles. The molecule has 0 aliphatic heterocycles. The summed E-state index contributed by atoms with van der Waals surface area (Å²) in [5, 5.41) is 0.956. The fraction of sp³-hybridized carbons (Fsp3) is 0.714. The molecule has 19 heavy (non-hydrogen) atoms. The molecule has 0 bridgehead atoms. The van der Waals surface area contributed by atoms with Gasteiger partial charge in [-0.3, -0.25) is 9.36 Å². The first kappa shape index (κ1) is 15.2. The lowest BCUT2D eigenvalue weighted by Gasteiger charge is -2.31. The van der Waals surface area contributed by atoms with Crippen molar-refractivity contribution < 1.29 is 0 Å². The van der Waals surface area contributed by atoms with Crippen LogP contribution in [0.5, 0.6) is 0 Å². The van der Waals surface area contributed by atoms with Crippen molar-refractivity contribution in [1.29, 1.82) is 0 Å². The smallest absolute Gasteiger partial charge is 0.267 e. The molecular weight excluding hydrogens is 372 g/mol. The van der Waals surface area contributed by atoms with Crippen LogP contribution in [0.2, 0.25) is 0 Å². The second-order valence-electron chi connectivity index (χ2n) is 5.62. The lowest BCUT2D eigenvalue weighted by molar-refractivity contribution is 0.238. The fourth-order valence-corrected chi connectivity index (χ4v) is 3.90. The third-order valence-corrected chi connectivity index (χ3v) is 6.21. The van der Waals surface area contributed by atoms with Gasteiger partial charge in [0.05, 0.1) is 12.0 Å². The maximum atomic E-state index is 12.3. The minimum atomic E-state index is 0.0390. The van der Waals surface area contributed by atoms with Gasteiger partial charge in [0.2, 0.25) is 0 Å². The maximum absolute atomic E-state index is 12.3. The number of aryl methyl sites for hydroxylation is 1. The molecule has 0 radical (unpaired) electrons. The number of aromatic nitrogens is 2. The summed E-state index contributed by atoms with van der Waals surface area (Å²) in [4.78, 5) is 16.6. The largest absolute Gasteiger partial charge is 0.298 e. The Morgan fingerprint density at radius 1 is 1.32 bits per heavy atom. The van der Waals surface area contributed by atoms with Gasteiger partial charge in [0, 0.05) is 11.9 Å². The molecule has 0 unspecified atom stereocenters. The van der Waals surface area contributed by atoms with E-state index in [2.05, 4.69) is 36.8 Å². The van der Waals surface area contributed by atoms with Crippen LogP contribution in [0.1, 0.15) is 44.2 Å². The molecular formula is C14H20Br2N2O. The molecule has 1 aromatic rings. The van der Waals surface area contributed by atoms with Crippen LogP contribution in [0.25, 0.3) is 0 Å². The highest BCUT2D eigenvalue weighted by Gasteiger charge is 2.30. The van der Waals surface area contributed by atoms with Crippen molar-refractivity contribution in [1.82, 2.24) is 9.55 Å². The SMILES string of the molecule is Cc1ncn(CC2(CBr)CCCCCC2)c(=O)c1Br. The molecule has 0 N–H and O–H groups in total. The van der Waals surface area contributed by atoms with Gasteiger partial charge < -0.3 is 0 Å². The molecule has 0 spiro atoms. The number of hydrogen-bond donors (Lipinski definition) is 0. The Kier molecular flexibility index (Phi) is 5.23. The summed E-state index contributed by atoms with van der Waals surface area (Å²) < 4.78 is 2.36. The van der Waals surface area contributed by atoms with Crippen LogP contribution in [-0.4, -0.2) is 14.9 Å². The Bertz CT molecular complexity index is 491. The molecule has 1 fully saturated rings. The number of rotatable bonds is 3. The van der Waals surface area contributed by atoms with E-state index in [1.807, 2.05) is 6.92 Å². The molecule has 2 rings (SSSR count). The molecule has 1 aliphatic rings. The zero-order chi connectivity index (χ0) is 13.9. The number of hydrogen-bond acceptors (Lipinski definition) is 2. The summed E-state index contributed by atoms with van der Waals surface area (Å²) >= 11 is 7.01. The average Bonchev–Trinajstić information content (AvgIpc) is 2.66. The third-order valence-electron chi connectivity index (χ3n) is 4.11. The van der Waals surface area contributed by atoms with Crippen molar-refractivity contribution in [2.75, 3.05) is 5.33 Å². The zero-order valence-electron chi connectivity index (χ0n) is 11.3. The van der Waals surface area contributed by atoms with Gasteiger partial charge in [-0.1, -0.05) is 41.6 Å². The molecule has 1 aromatic heterocycles. The van der Waals surface area contributed by atoms with Crippen LogP contribution < -0.4 is 5.56 Å². The second-order valence-corrected chi connectivity index (χ2v) is 6.98. The number of nitrogens with zero attached hydrogens (tertiary/aromatic N) is 2. The van der Waals surface area contributed by atoms with E-state index in [0.717, 1.165) is 17.6 Å². The standard InChI is InChI=1S/C14H20Br2N2O/c1-11-12(16)13(19)18(10-17-11)9-14(8-15)6-4-2-3-5-7-14/h10H,2-9H2,1H3. The molecule has 1 heterocycles. The first-order valence-electron chi connectivity index (χ1n) is 6.85. The van der Waals surface area contributed by atoms with Gasteiger partial charge in [-0.2, -0.15) is 0 Å². The lowest BCUT2D eigenvalue weighted by Crippen LogP contribution is -2.34. The van der Waals surface area contributed by atoms with Crippen molar-refractivity contribution in [2.24, 2.45) is 5.41 Å². The first-order valence-corrected chi connectivity index (χ1v) is 8.77. The number of alkyl halides is 1. The molecule has 3 nitrogen and oxygen atoms in total. The highest BCUT2D eigenvalue weighted by Crippen LogP contribution is 2.37. The molecule has 0 amide bonds. The molecule has 106 valence electrons. The predicted molar refractivity (Wildman–Crippen MR) is 84.9 cm³/mol. The van der Waals surface area contributed by atoms with Crippen molar-refractivity contribution in [3.05, 3.63) is 26.8 Å². The van der Waals surface area contributed by atoms with Gasteiger partial charge in [0.25, 0.3) is 5.56 Å². The van der Waals surface area contributed by atoms with Crippen LogP contribution in [-0.2, 0) is 6.54 Å².